The van der Waals surface area contributed by atoms with Gasteiger partial charge in [-0.15, -0.1) is 0 Å². The Kier molecular flexibility index (Phi) is 4.56. The Labute approximate surface area is 107 Å². The van der Waals surface area contributed by atoms with Crippen molar-refractivity contribution in [2.45, 2.75) is 30.6 Å². The minimum absolute atomic E-state index is 0.434. The van der Waals surface area contributed by atoms with Gasteiger partial charge in [0.25, 0.3) is 0 Å². The van der Waals surface area contributed by atoms with E-state index in [0.29, 0.717) is 11.3 Å². The van der Waals surface area contributed by atoms with E-state index < -0.39 is 0 Å². The van der Waals surface area contributed by atoms with Gasteiger partial charge in [0, 0.05) is 16.3 Å². The molecule has 1 fully saturated rings. The predicted octanol–water partition coefficient (Wildman–Crippen LogP) is 3.89. The summed E-state index contributed by atoms with van der Waals surface area (Å²) in [5, 5.41) is 4.96. The topological polar surface area (TPSA) is 12.0 Å². The first-order valence-electron chi connectivity index (χ1n) is 5.85. The fourth-order valence-corrected chi connectivity index (χ4v) is 3.99. The molecule has 1 nitrogen and oxygen atoms in total. The van der Waals surface area contributed by atoms with Gasteiger partial charge >= 0.3 is 0 Å². The van der Waals surface area contributed by atoms with Crippen LogP contribution in [0.15, 0.2) is 24.3 Å². The van der Waals surface area contributed by atoms with Gasteiger partial charge in [0.15, 0.2) is 0 Å². The quantitative estimate of drug-likeness (QED) is 0.880. The highest BCUT2D eigenvalue weighted by Crippen LogP contribution is 2.35. The molecule has 2 atom stereocenters. The molecule has 1 saturated heterocycles. The summed E-state index contributed by atoms with van der Waals surface area (Å²) >= 11 is 8.14. The minimum atomic E-state index is 0.434. The van der Waals surface area contributed by atoms with Crippen molar-refractivity contribution in [1.82, 2.24) is 5.32 Å². The fourth-order valence-electron chi connectivity index (χ4n) is 2.30. The molecule has 0 aliphatic carbocycles. The van der Waals surface area contributed by atoms with E-state index in [-0.39, 0.29) is 0 Å². The van der Waals surface area contributed by atoms with Crippen LogP contribution in [0.4, 0.5) is 0 Å². The highest BCUT2D eigenvalue weighted by Gasteiger charge is 2.24. The van der Waals surface area contributed by atoms with Crippen molar-refractivity contribution in [1.29, 1.82) is 0 Å². The molecule has 1 aromatic carbocycles. The number of thioether (sulfide) groups is 1. The normalized spacial score (nSPS) is 23.0. The van der Waals surface area contributed by atoms with Gasteiger partial charge in [-0.2, -0.15) is 11.8 Å². The van der Waals surface area contributed by atoms with Gasteiger partial charge in [0.05, 0.1) is 0 Å². The van der Waals surface area contributed by atoms with Crippen LogP contribution in [-0.2, 0) is 0 Å². The minimum Gasteiger partial charge on any atom is -0.312 e. The van der Waals surface area contributed by atoms with Crippen LogP contribution >= 0.6 is 23.4 Å². The Morgan fingerprint density at radius 2 is 2.31 bits per heavy atom. The van der Waals surface area contributed by atoms with Gasteiger partial charge in [-0.3, -0.25) is 0 Å². The summed E-state index contributed by atoms with van der Waals surface area (Å²) < 4.78 is 0. The number of rotatable bonds is 3. The van der Waals surface area contributed by atoms with Gasteiger partial charge in [0.2, 0.25) is 0 Å². The zero-order valence-corrected chi connectivity index (χ0v) is 11.2. The van der Waals surface area contributed by atoms with E-state index in [0.717, 1.165) is 5.02 Å². The number of hydrogen-bond donors (Lipinski definition) is 1. The first kappa shape index (κ1) is 12.3. The number of benzene rings is 1. The van der Waals surface area contributed by atoms with Gasteiger partial charge in [-0.25, -0.2) is 0 Å². The molecule has 88 valence electrons. The van der Waals surface area contributed by atoms with E-state index in [1.165, 1.54) is 30.6 Å². The van der Waals surface area contributed by atoms with Crippen LogP contribution in [0.3, 0.4) is 0 Å². The lowest BCUT2D eigenvalue weighted by Crippen LogP contribution is -2.29. The van der Waals surface area contributed by atoms with Crippen LogP contribution < -0.4 is 5.32 Å². The SMILES string of the molecule is CNC(c1cccc(Cl)c1)C1CCCCS1. The first-order valence-corrected chi connectivity index (χ1v) is 7.28. The summed E-state index contributed by atoms with van der Waals surface area (Å²) in [5.74, 6) is 1.30. The Morgan fingerprint density at radius 3 is 2.94 bits per heavy atom. The lowest BCUT2D eigenvalue weighted by Gasteiger charge is -2.30. The maximum atomic E-state index is 6.05. The van der Waals surface area contributed by atoms with Gasteiger partial charge < -0.3 is 5.32 Å². The summed E-state index contributed by atoms with van der Waals surface area (Å²) in [4.78, 5) is 0. The van der Waals surface area contributed by atoms with Crippen LogP contribution in [0.5, 0.6) is 0 Å². The van der Waals surface area contributed by atoms with Crippen molar-refractivity contribution < 1.29 is 0 Å². The molecule has 16 heavy (non-hydrogen) atoms. The smallest absolute Gasteiger partial charge is 0.0438 e. The molecule has 0 spiro atoms. The van der Waals surface area contributed by atoms with Crippen LogP contribution in [-0.4, -0.2) is 18.1 Å². The third-order valence-electron chi connectivity index (χ3n) is 3.11. The third kappa shape index (κ3) is 2.93. The van der Waals surface area contributed by atoms with Gasteiger partial charge in [-0.1, -0.05) is 30.2 Å². The van der Waals surface area contributed by atoms with E-state index in [2.05, 4.69) is 29.2 Å². The Balaban J connectivity index is 2.14. The molecular formula is C13H18ClNS. The van der Waals surface area contributed by atoms with Crippen molar-refractivity contribution in [3.63, 3.8) is 0 Å². The van der Waals surface area contributed by atoms with E-state index in [1.807, 2.05) is 19.2 Å². The molecule has 1 aromatic rings. The van der Waals surface area contributed by atoms with E-state index >= 15 is 0 Å². The van der Waals surface area contributed by atoms with E-state index in [4.69, 9.17) is 11.6 Å². The third-order valence-corrected chi connectivity index (χ3v) is 4.80. The van der Waals surface area contributed by atoms with Gasteiger partial charge in [0.1, 0.15) is 0 Å². The molecule has 0 saturated carbocycles. The molecular weight excluding hydrogens is 238 g/mol. The molecule has 1 aliphatic heterocycles. The Bertz CT molecular complexity index is 336. The van der Waals surface area contributed by atoms with Crippen molar-refractivity contribution >= 4 is 23.4 Å². The van der Waals surface area contributed by atoms with Crippen LogP contribution in [0.1, 0.15) is 30.9 Å². The summed E-state index contributed by atoms with van der Waals surface area (Å²) in [5.41, 5.74) is 1.31. The van der Waals surface area contributed by atoms with Crippen molar-refractivity contribution in [2.75, 3.05) is 12.8 Å². The molecule has 0 amide bonds. The molecule has 0 aromatic heterocycles. The van der Waals surface area contributed by atoms with Crippen LogP contribution in [0.25, 0.3) is 0 Å². The number of nitrogens with one attached hydrogen (secondary N) is 1. The Morgan fingerprint density at radius 1 is 1.44 bits per heavy atom. The molecule has 1 heterocycles. The standard InChI is InChI=1S/C13H18ClNS/c1-15-13(12-7-2-3-8-16-12)10-5-4-6-11(14)9-10/h4-6,9,12-13,15H,2-3,7-8H2,1H3. The molecule has 3 heteroatoms. The lowest BCUT2D eigenvalue weighted by molar-refractivity contribution is 0.516. The molecule has 0 radical (unpaired) electrons. The molecule has 1 N–H and O–H groups in total. The Hall–Kier alpha value is -0.180. The lowest BCUT2D eigenvalue weighted by atomic mass is 10.00. The second kappa shape index (κ2) is 5.95. The second-order valence-corrected chi connectivity index (χ2v) is 6.01. The first-order chi connectivity index (χ1) is 7.81. The number of halogens is 1. The monoisotopic (exact) mass is 255 g/mol. The van der Waals surface area contributed by atoms with Crippen LogP contribution in [0, 0.1) is 0 Å². The second-order valence-electron chi connectivity index (χ2n) is 4.23. The highest BCUT2D eigenvalue weighted by atomic mass is 35.5. The highest BCUT2D eigenvalue weighted by molar-refractivity contribution is 8.00. The molecule has 0 bridgehead atoms. The van der Waals surface area contributed by atoms with Gasteiger partial charge in [-0.05, 0) is 43.3 Å². The van der Waals surface area contributed by atoms with E-state index in [9.17, 15) is 0 Å². The summed E-state index contributed by atoms with van der Waals surface area (Å²) in [6.45, 7) is 0. The fraction of sp³-hybridized carbons (Fsp3) is 0.538. The summed E-state index contributed by atoms with van der Waals surface area (Å²) in [7, 11) is 2.04. The predicted molar refractivity (Wildman–Crippen MR) is 73.3 cm³/mol. The largest absolute Gasteiger partial charge is 0.312 e. The average Bonchev–Trinajstić information content (AvgIpc) is 2.31. The average molecular weight is 256 g/mol. The summed E-state index contributed by atoms with van der Waals surface area (Å²) in [6.07, 6.45) is 4.03. The van der Waals surface area contributed by atoms with Crippen molar-refractivity contribution in [3.8, 4) is 0 Å². The maximum Gasteiger partial charge on any atom is 0.0438 e. The zero-order valence-electron chi connectivity index (χ0n) is 9.58. The van der Waals surface area contributed by atoms with Crippen molar-refractivity contribution in [3.05, 3.63) is 34.9 Å². The summed E-state index contributed by atoms with van der Waals surface area (Å²) in [6, 6.07) is 8.66. The zero-order chi connectivity index (χ0) is 11.4. The molecule has 1 aliphatic rings. The molecule has 2 rings (SSSR count). The van der Waals surface area contributed by atoms with E-state index in [1.54, 1.807) is 0 Å². The van der Waals surface area contributed by atoms with Crippen LogP contribution in [0.2, 0.25) is 5.02 Å². The number of hydrogen-bond acceptors (Lipinski definition) is 2. The maximum absolute atomic E-state index is 6.05. The molecule has 2 unspecified atom stereocenters. The van der Waals surface area contributed by atoms with Crippen molar-refractivity contribution in [2.24, 2.45) is 0 Å².